The van der Waals surface area contributed by atoms with Crippen LogP contribution in [-0.4, -0.2) is 66.9 Å². The number of nitriles is 1. The number of pyridine rings is 1. The molecular formula is C23H29N5O. The summed E-state index contributed by atoms with van der Waals surface area (Å²) >= 11 is 0. The molecule has 2 saturated heterocycles. The number of likely N-dealkylation sites (N-methyl/N-ethyl adjacent to an activating group) is 1. The maximum Gasteiger partial charge on any atom is 0.179 e. The van der Waals surface area contributed by atoms with Gasteiger partial charge in [-0.1, -0.05) is 6.42 Å². The minimum absolute atomic E-state index is 0.0620. The van der Waals surface area contributed by atoms with Crippen LogP contribution in [0.4, 0.5) is 5.82 Å². The number of hydrogen-bond acceptors (Lipinski definition) is 6. The second-order valence-corrected chi connectivity index (χ2v) is 9.27. The van der Waals surface area contributed by atoms with Crippen molar-refractivity contribution in [1.82, 2.24) is 14.8 Å². The molecule has 1 aromatic heterocycles. The van der Waals surface area contributed by atoms with Crippen LogP contribution in [0, 0.1) is 16.7 Å². The third-order valence-electron chi connectivity index (χ3n) is 7.59. The molecule has 6 nitrogen and oxygen atoms in total. The molecule has 0 atom stereocenters. The molecule has 3 fully saturated rings. The largest absolute Gasteiger partial charge is 0.370 e. The predicted molar refractivity (Wildman–Crippen MR) is 112 cm³/mol. The van der Waals surface area contributed by atoms with Gasteiger partial charge in [-0.15, -0.1) is 0 Å². The number of piperazine rings is 1. The molecule has 152 valence electrons. The van der Waals surface area contributed by atoms with Crippen molar-refractivity contribution < 1.29 is 4.79 Å². The van der Waals surface area contributed by atoms with Crippen molar-refractivity contribution in [3.63, 3.8) is 0 Å². The summed E-state index contributed by atoms with van der Waals surface area (Å²) in [6.07, 6.45) is 8.55. The fraction of sp³-hybridized carbons (Fsp3) is 0.609. The van der Waals surface area contributed by atoms with E-state index in [2.05, 4.69) is 38.9 Å². The molecule has 5 rings (SSSR count). The predicted octanol–water partition coefficient (Wildman–Crippen LogP) is 2.46. The standard InChI is InChI=1S/C23H29N5O/c1-26-9-11-27(12-10-26)21-14-18-17(16-25-21)13-20(29)19(15-24)22(18)28-7-5-23(6-8-28)3-2-4-23/h14,16H,2-13H2,1H3. The Morgan fingerprint density at radius 2 is 1.76 bits per heavy atom. The summed E-state index contributed by atoms with van der Waals surface area (Å²) in [5.41, 5.74) is 3.76. The molecule has 0 bridgehead atoms. The summed E-state index contributed by atoms with van der Waals surface area (Å²) in [7, 11) is 2.15. The van der Waals surface area contributed by atoms with Gasteiger partial charge in [-0.3, -0.25) is 4.79 Å². The highest BCUT2D eigenvalue weighted by atomic mass is 16.1. The molecule has 0 aromatic carbocycles. The van der Waals surface area contributed by atoms with Gasteiger partial charge in [-0.05, 0) is 49.8 Å². The second-order valence-electron chi connectivity index (χ2n) is 9.27. The monoisotopic (exact) mass is 391 g/mol. The van der Waals surface area contributed by atoms with Gasteiger partial charge in [0, 0.05) is 57.4 Å². The highest BCUT2D eigenvalue weighted by Gasteiger charge is 2.41. The van der Waals surface area contributed by atoms with E-state index in [-0.39, 0.29) is 12.2 Å². The summed E-state index contributed by atoms with van der Waals surface area (Å²) in [5, 5.41) is 9.81. The minimum Gasteiger partial charge on any atom is -0.370 e. The molecular weight excluding hydrogens is 362 g/mol. The minimum atomic E-state index is -0.0620. The molecule has 0 radical (unpaired) electrons. The Morgan fingerprint density at radius 3 is 2.38 bits per heavy atom. The molecule has 1 saturated carbocycles. The van der Waals surface area contributed by atoms with Crippen LogP contribution in [0.25, 0.3) is 5.70 Å². The number of fused-ring (bicyclic) bond motifs is 1. The van der Waals surface area contributed by atoms with Crippen molar-refractivity contribution in [2.24, 2.45) is 5.41 Å². The van der Waals surface area contributed by atoms with E-state index in [9.17, 15) is 10.1 Å². The molecule has 4 aliphatic rings. The summed E-state index contributed by atoms with van der Waals surface area (Å²) < 4.78 is 0. The Labute approximate surface area is 172 Å². The number of rotatable bonds is 2. The number of carbonyl (C=O) groups excluding carboxylic acids is 1. The maximum absolute atomic E-state index is 12.7. The van der Waals surface area contributed by atoms with Crippen molar-refractivity contribution in [3.05, 3.63) is 29.0 Å². The number of anilines is 1. The van der Waals surface area contributed by atoms with Gasteiger partial charge in [0.25, 0.3) is 0 Å². The molecule has 2 aliphatic carbocycles. The molecule has 0 N–H and O–H groups in total. The Morgan fingerprint density at radius 1 is 1.03 bits per heavy atom. The molecule has 2 aliphatic heterocycles. The van der Waals surface area contributed by atoms with Crippen LogP contribution in [0.1, 0.15) is 43.2 Å². The van der Waals surface area contributed by atoms with E-state index in [1.807, 2.05) is 6.20 Å². The Bertz CT molecular complexity index is 892. The number of carbonyl (C=O) groups is 1. The zero-order chi connectivity index (χ0) is 20.0. The zero-order valence-electron chi connectivity index (χ0n) is 17.3. The number of allylic oxidation sites excluding steroid dienone is 1. The highest BCUT2D eigenvalue weighted by Crippen LogP contribution is 2.50. The number of hydrogen-bond donors (Lipinski definition) is 0. The Hall–Kier alpha value is -2.39. The van der Waals surface area contributed by atoms with Crippen molar-refractivity contribution in [1.29, 1.82) is 5.26 Å². The Kier molecular flexibility index (Phi) is 4.59. The lowest BCUT2D eigenvalue weighted by Gasteiger charge is -2.49. The third kappa shape index (κ3) is 3.22. The molecule has 29 heavy (non-hydrogen) atoms. The third-order valence-corrected chi connectivity index (χ3v) is 7.59. The van der Waals surface area contributed by atoms with Gasteiger partial charge in [0.2, 0.25) is 0 Å². The fourth-order valence-electron chi connectivity index (χ4n) is 5.40. The molecule has 6 heteroatoms. The lowest BCUT2D eigenvalue weighted by molar-refractivity contribution is -0.114. The van der Waals surface area contributed by atoms with Crippen LogP contribution < -0.4 is 4.90 Å². The lowest BCUT2D eigenvalue weighted by atomic mass is 9.63. The molecule has 0 unspecified atom stereocenters. The van der Waals surface area contributed by atoms with Crippen LogP contribution in [0.5, 0.6) is 0 Å². The Balaban J connectivity index is 1.48. The average molecular weight is 392 g/mol. The van der Waals surface area contributed by atoms with Gasteiger partial charge in [-0.25, -0.2) is 4.98 Å². The first-order chi connectivity index (χ1) is 14.1. The van der Waals surface area contributed by atoms with Gasteiger partial charge in [0.05, 0.1) is 5.70 Å². The van der Waals surface area contributed by atoms with Crippen molar-refractivity contribution in [2.45, 2.75) is 38.5 Å². The SMILES string of the molecule is CN1CCN(c2cc3c(cn2)CC(=O)C(C#N)=C3N2CCC3(CCC3)CC2)CC1. The lowest BCUT2D eigenvalue weighted by Crippen LogP contribution is -2.45. The fourth-order valence-corrected chi connectivity index (χ4v) is 5.40. The van der Waals surface area contributed by atoms with Gasteiger partial charge in [0.1, 0.15) is 17.5 Å². The molecule has 0 amide bonds. The molecule has 1 spiro atoms. The maximum atomic E-state index is 12.7. The number of ketones is 1. The molecule has 3 heterocycles. The average Bonchev–Trinajstić information content (AvgIpc) is 2.72. The van der Waals surface area contributed by atoms with E-state index in [0.29, 0.717) is 11.0 Å². The van der Waals surface area contributed by atoms with E-state index in [1.165, 1.54) is 32.1 Å². The van der Waals surface area contributed by atoms with Crippen LogP contribution in [-0.2, 0) is 11.2 Å². The van der Waals surface area contributed by atoms with Crippen LogP contribution >= 0.6 is 0 Å². The van der Waals surface area contributed by atoms with Gasteiger partial charge >= 0.3 is 0 Å². The van der Waals surface area contributed by atoms with E-state index in [1.54, 1.807) is 0 Å². The number of likely N-dealkylation sites (tertiary alicyclic amines) is 1. The van der Waals surface area contributed by atoms with Gasteiger partial charge in [-0.2, -0.15) is 5.26 Å². The number of nitrogens with zero attached hydrogens (tertiary/aromatic N) is 5. The number of piperidine rings is 1. The van der Waals surface area contributed by atoms with E-state index in [4.69, 9.17) is 0 Å². The molecule has 1 aromatic rings. The van der Waals surface area contributed by atoms with Gasteiger partial charge < -0.3 is 14.7 Å². The quantitative estimate of drug-likeness (QED) is 0.772. The number of aromatic nitrogens is 1. The van der Waals surface area contributed by atoms with Crippen molar-refractivity contribution in [3.8, 4) is 6.07 Å². The van der Waals surface area contributed by atoms with Crippen molar-refractivity contribution >= 4 is 17.3 Å². The first kappa shape index (κ1) is 18.6. The highest BCUT2D eigenvalue weighted by molar-refractivity contribution is 6.10. The van der Waals surface area contributed by atoms with Crippen LogP contribution in [0.15, 0.2) is 17.8 Å². The summed E-state index contributed by atoms with van der Waals surface area (Å²) in [6.45, 7) is 5.85. The van der Waals surface area contributed by atoms with E-state index < -0.39 is 0 Å². The van der Waals surface area contributed by atoms with Gasteiger partial charge in [0.15, 0.2) is 5.78 Å². The zero-order valence-corrected chi connectivity index (χ0v) is 17.3. The topological polar surface area (TPSA) is 63.5 Å². The summed E-state index contributed by atoms with van der Waals surface area (Å²) in [4.78, 5) is 24.4. The number of Topliss-reactive ketones (excluding diaryl/α,β-unsaturated/α-hetero) is 1. The van der Waals surface area contributed by atoms with E-state index in [0.717, 1.165) is 61.9 Å². The van der Waals surface area contributed by atoms with Crippen molar-refractivity contribution in [2.75, 3.05) is 51.2 Å². The smallest absolute Gasteiger partial charge is 0.179 e. The van der Waals surface area contributed by atoms with Crippen LogP contribution in [0.3, 0.4) is 0 Å². The summed E-state index contributed by atoms with van der Waals surface area (Å²) in [5.74, 6) is 0.904. The second kappa shape index (κ2) is 7.14. The van der Waals surface area contributed by atoms with E-state index >= 15 is 0 Å². The summed E-state index contributed by atoms with van der Waals surface area (Å²) in [6, 6.07) is 4.38. The first-order valence-corrected chi connectivity index (χ1v) is 10.9. The normalized spacial score (nSPS) is 24.3. The first-order valence-electron chi connectivity index (χ1n) is 10.9. The van der Waals surface area contributed by atoms with Crippen LogP contribution in [0.2, 0.25) is 0 Å².